The lowest BCUT2D eigenvalue weighted by Crippen LogP contribution is -2.32. The van der Waals surface area contributed by atoms with E-state index >= 15 is 0 Å². The third kappa shape index (κ3) is 3.18. The van der Waals surface area contributed by atoms with Gasteiger partial charge in [-0.3, -0.25) is 0 Å². The molecule has 2 aliphatic rings. The third-order valence-electron chi connectivity index (χ3n) is 5.50. The number of fused-ring (bicyclic) bond motifs is 2. The van der Waals surface area contributed by atoms with Crippen molar-refractivity contribution in [1.29, 1.82) is 0 Å². The molecule has 0 saturated carbocycles. The summed E-state index contributed by atoms with van der Waals surface area (Å²) in [5.74, 6) is -2.11. The van der Waals surface area contributed by atoms with Gasteiger partial charge in [-0.05, 0) is 31.0 Å². The van der Waals surface area contributed by atoms with Crippen LogP contribution in [0.2, 0.25) is 5.02 Å². The van der Waals surface area contributed by atoms with Gasteiger partial charge in [0.1, 0.15) is 5.75 Å². The van der Waals surface area contributed by atoms with Crippen molar-refractivity contribution in [2.24, 2.45) is 0 Å². The Morgan fingerprint density at radius 1 is 1.20 bits per heavy atom. The van der Waals surface area contributed by atoms with Crippen LogP contribution in [0.15, 0.2) is 58.6 Å². The van der Waals surface area contributed by atoms with Crippen LogP contribution in [-0.4, -0.2) is 32.4 Å². The van der Waals surface area contributed by atoms with E-state index in [4.69, 9.17) is 16.3 Å². The van der Waals surface area contributed by atoms with Gasteiger partial charge in [0.2, 0.25) is 0 Å². The van der Waals surface area contributed by atoms with Crippen LogP contribution >= 0.6 is 11.6 Å². The van der Waals surface area contributed by atoms with E-state index in [9.17, 15) is 18.3 Å². The molecule has 6 nitrogen and oxygen atoms in total. The van der Waals surface area contributed by atoms with Crippen LogP contribution in [0, 0.1) is 0 Å². The van der Waals surface area contributed by atoms with Crippen molar-refractivity contribution in [3.8, 4) is 5.75 Å². The minimum atomic E-state index is -3.81. The van der Waals surface area contributed by atoms with Gasteiger partial charge in [0.05, 0.1) is 35.0 Å². The highest BCUT2D eigenvalue weighted by Gasteiger charge is 2.44. The number of ether oxygens (including phenoxy) is 1. The van der Waals surface area contributed by atoms with Gasteiger partial charge >= 0.3 is 5.97 Å². The van der Waals surface area contributed by atoms with Crippen molar-refractivity contribution in [2.45, 2.75) is 19.3 Å². The predicted molar refractivity (Wildman–Crippen MR) is 115 cm³/mol. The normalized spacial score (nSPS) is 20.0. The van der Waals surface area contributed by atoms with E-state index in [0.717, 1.165) is 11.1 Å². The number of halogens is 1. The molecule has 0 aliphatic carbocycles. The number of esters is 1. The van der Waals surface area contributed by atoms with Crippen molar-refractivity contribution in [2.75, 3.05) is 12.9 Å². The van der Waals surface area contributed by atoms with Crippen LogP contribution in [0.5, 0.6) is 5.75 Å². The molecule has 156 valence electrons. The number of aryl methyl sites for hydroxylation is 1. The van der Waals surface area contributed by atoms with Crippen LogP contribution in [0.4, 0.5) is 0 Å². The number of hydrogen-bond donors (Lipinski definition) is 2. The van der Waals surface area contributed by atoms with Crippen LogP contribution in [0.3, 0.4) is 0 Å². The van der Waals surface area contributed by atoms with Crippen LogP contribution in [0.25, 0.3) is 5.70 Å². The van der Waals surface area contributed by atoms with Gasteiger partial charge in [-0.25, -0.2) is 13.2 Å². The summed E-state index contributed by atoms with van der Waals surface area (Å²) >= 11 is 6.42. The van der Waals surface area contributed by atoms with Crippen molar-refractivity contribution in [1.82, 2.24) is 5.32 Å². The minimum Gasteiger partial charge on any atom is -0.508 e. The molecule has 2 heterocycles. The number of sulfone groups is 1. The monoisotopic (exact) mass is 445 g/mol. The van der Waals surface area contributed by atoms with Gasteiger partial charge in [0.15, 0.2) is 9.84 Å². The second-order valence-corrected chi connectivity index (χ2v) is 9.71. The highest BCUT2D eigenvalue weighted by Crippen LogP contribution is 2.49. The Bertz CT molecular complexity index is 1210. The van der Waals surface area contributed by atoms with E-state index < -0.39 is 21.7 Å². The summed E-state index contributed by atoms with van der Waals surface area (Å²) in [5, 5.41) is 13.9. The van der Waals surface area contributed by atoms with E-state index in [2.05, 4.69) is 5.32 Å². The number of allylic oxidation sites excluding steroid dienone is 2. The van der Waals surface area contributed by atoms with E-state index in [1.165, 1.54) is 13.2 Å². The van der Waals surface area contributed by atoms with Crippen LogP contribution < -0.4 is 5.32 Å². The van der Waals surface area contributed by atoms with Crippen LogP contribution in [-0.2, 0) is 25.8 Å². The maximum absolute atomic E-state index is 13.5. The number of nitrogens with one attached hydrogen (secondary N) is 1. The summed E-state index contributed by atoms with van der Waals surface area (Å²) in [7, 11) is -2.58. The second kappa shape index (κ2) is 7.49. The van der Waals surface area contributed by atoms with Crippen molar-refractivity contribution >= 4 is 33.1 Å². The number of carbonyl (C=O) groups is 1. The lowest BCUT2D eigenvalue weighted by Gasteiger charge is -2.32. The molecule has 0 amide bonds. The topological polar surface area (TPSA) is 92.7 Å². The highest BCUT2D eigenvalue weighted by molar-refractivity contribution is 7.95. The Morgan fingerprint density at radius 3 is 2.63 bits per heavy atom. The third-order valence-corrected chi connectivity index (χ3v) is 7.68. The number of rotatable bonds is 2. The first-order valence-corrected chi connectivity index (χ1v) is 11.4. The lowest BCUT2D eigenvalue weighted by molar-refractivity contribution is -0.136. The van der Waals surface area contributed by atoms with Crippen molar-refractivity contribution in [3.63, 3.8) is 0 Å². The number of carbonyl (C=O) groups excluding carboxylic acids is 1. The standard InChI is InChI=1S/C22H20ClNO5S/c1-12-17(22(26)29-2)19(18-15(23)8-5-9-16(18)25)21-20(24-12)14-7-4-3-6-13(14)10-11-30(21,27)28/h3-9,19,24-25H,10-11H2,1-2H3. The average molecular weight is 446 g/mol. The fourth-order valence-corrected chi connectivity index (χ4v) is 6.20. The van der Waals surface area contributed by atoms with Gasteiger partial charge in [0.25, 0.3) is 0 Å². The SMILES string of the molecule is COC(=O)C1=C(C)NC2=C(C1c1c(O)cccc1Cl)S(=O)(=O)CCc1ccccc12. The zero-order valence-electron chi connectivity index (χ0n) is 16.4. The number of methoxy groups -OCH3 is 1. The first kappa shape index (κ1) is 20.5. The summed E-state index contributed by atoms with van der Waals surface area (Å²) in [6, 6.07) is 12.0. The molecule has 2 aliphatic heterocycles. The molecule has 0 radical (unpaired) electrons. The largest absolute Gasteiger partial charge is 0.508 e. The van der Waals surface area contributed by atoms with Crippen molar-refractivity contribution < 1.29 is 23.1 Å². The summed E-state index contributed by atoms with van der Waals surface area (Å²) in [6.45, 7) is 1.68. The number of hydrogen-bond acceptors (Lipinski definition) is 6. The number of phenols is 1. The minimum absolute atomic E-state index is 0.0156. The second-order valence-electron chi connectivity index (χ2n) is 7.23. The fourth-order valence-electron chi connectivity index (χ4n) is 4.15. The van der Waals surface area contributed by atoms with Gasteiger partial charge in [-0.1, -0.05) is 41.9 Å². The highest BCUT2D eigenvalue weighted by atomic mass is 35.5. The van der Waals surface area contributed by atoms with Crippen LogP contribution in [0.1, 0.15) is 29.5 Å². The molecule has 2 aromatic carbocycles. The zero-order chi connectivity index (χ0) is 21.6. The first-order valence-electron chi connectivity index (χ1n) is 9.35. The molecule has 2 N–H and O–H groups in total. The zero-order valence-corrected chi connectivity index (χ0v) is 18.0. The quantitative estimate of drug-likeness (QED) is 0.687. The molecule has 0 saturated heterocycles. The smallest absolute Gasteiger partial charge is 0.336 e. The molecule has 0 fully saturated rings. The van der Waals surface area contributed by atoms with Gasteiger partial charge in [-0.15, -0.1) is 0 Å². The number of benzene rings is 2. The molecule has 1 unspecified atom stereocenters. The molecule has 8 heteroatoms. The maximum Gasteiger partial charge on any atom is 0.336 e. The molecule has 0 bridgehead atoms. The molecule has 30 heavy (non-hydrogen) atoms. The van der Waals surface area contributed by atoms with Gasteiger partial charge < -0.3 is 15.2 Å². The molecule has 0 spiro atoms. The van der Waals surface area contributed by atoms with E-state index in [1.807, 2.05) is 24.3 Å². The van der Waals surface area contributed by atoms with E-state index in [-0.39, 0.29) is 32.6 Å². The number of aromatic hydroxyl groups is 1. The van der Waals surface area contributed by atoms with Gasteiger partial charge in [0, 0.05) is 21.8 Å². The Kier molecular flexibility index (Phi) is 5.11. The lowest BCUT2D eigenvalue weighted by atomic mass is 9.84. The Hall–Kier alpha value is -2.77. The molecule has 2 aromatic rings. The Labute approximate surface area is 179 Å². The molecule has 0 aromatic heterocycles. The Morgan fingerprint density at radius 2 is 1.93 bits per heavy atom. The first-order chi connectivity index (χ1) is 14.3. The summed E-state index contributed by atoms with van der Waals surface area (Å²) < 4.78 is 31.9. The average Bonchev–Trinajstić information content (AvgIpc) is 2.81. The van der Waals surface area contributed by atoms with Gasteiger partial charge in [-0.2, -0.15) is 0 Å². The van der Waals surface area contributed by atoms with Crippen molar-refractivity contribution in [3.05, 3.63) is 80.4 Å². The summed E-state index contributed by atoms with van der Waals surface area (Å²) in [5.41, 5.74) is 2.73. The maximum atomic E-state index is 13.5. The molecular weight excluding hydrogens is 426 g/mol. The predicted octanol–water partition coefficient (Wildman–Crippen LogP) is 3.52. The number of phenolic OH excluding ortho intramolecular Hbond substituents is 1. The van der Waals surface area contributed by atoms with E-state index in [0.29, 0.717) is 17.8 Å². The Balaban J connectivity index is 2.12. The summed E-state index contributed by atoms with van der Waals surface area (Å²) in [4.78, 5) is 12.8. The van der Waals surface area contributed by atoms with E-state index in [1.54, 1.807) is 19.1 Å². The number of dihydropyridines is 1. The fraction of sp³-hybridized carbons (Fsp3) is 0.227. The molecule has 4 rings (SSSR count). The molecule has 1 atom stereocenters. The summed E-state index contributed by atoms with van der Waals surface area (Å²) in [6.07, 6.45) is 0.334. The molecular formula is C22H20ClNO5S.